The van der Waals surface area contributed by atoms with Gasteiger partial charge in [0.2, 0.25) is 5.91 Å². The topological polar surface area (TPSA) is 76.7 Å². The Morgan fingerprint density at radius 3 is 2.22 bits per heavy atom. The molecule has 0 saturated heterocycles. The van der Waals surface area contributed by atoms with E-state index >= 15 is 0 Å². The van der Waals surface area contributed by atoms with Gasteiger partial charge in [-0.2, -0.15) is 0 Å². The van der Waals surface area contributed by atoms with Crippen LogP contribution in [0.3, 0.4) is 0 Å². The molecule has 0 aliphatic rings. The standard InChI is InChI=1S/C25H26N2O4S/c1-16-9-10-18(13-17(16)2)27-25(29)20-7-5-6-8-23(20)32-15-24(28)26-19-11-12-21(30-3)22(14-19)31-4/h5-14H,15H2,1-4H3,(H,26,28)(H,27,29). The third kappa shape index (κ3) is 5.82. The van der Waals surface area contributed by atoms with Crippen molar-refractivity contribution in [3.8, 4) is 11.5 Å². The number of benzene rings is 3. The third-order valence-corrected chi connectivity index (χ3v) is 6.00. The van der Waals surface area contributed by atoms with Crippen LogP contribution in [0.1, 0.15) is 21.5 Å². The van der Waals surface area contributed by atoms with Gasteiger partial charge in [-0.25, -0.2) is 0 Å². The van der Waals surface area contributed by atoms with Crippen LogP contribution in [0.5, 0.6) is 11.5 Å². The fourth-order valence-corrected chi connectivity index (χ4v) is 3.90. The second-order valence-electron chi connectivity index (χ2n) is 7.16. The van der Waals surface area contributed by atoms with Crippen molar-refractivity contribution < 1.29 is 19.1 Å². The molecule has 0 aliphatic carbocycles. The Morgan fingerprint density at radius 1 is 0.812 bits per heavy atom. The summed E-state index contributed by atoms with van der Waals surface area (Å²) in [6.45, 7) is 4.03. The molecule has 3 aromatic carbocycles. The van der Waals surface area contributed by atoms with E-state index in [0.29, 0.717) is 22.7 Å². The maximum Gasteiger partial charge on any atom is 0.256 e. The van der Waals surface area contributed by atoms with E-state index in [0.717, 1.165) is 16.1 Å². The van der Waals surface area contributed by atoms with Crippen molar-refractivity contribution in [1.29, 1.82) is 0 Å². The minimum absolute atomic E-state index is 0.155. The van der Waals surface area contributed by atoms with E-state index in [1.165, 1.54) is 17.3 Å². The molecular weight excluding hydrogens is 424 g/mol. The van der Waals surface area contributed by atoms with Gasteiger partial charge in [0.05, 0.1) is 25.5 Å². The zero-order valence-corrected chi connectivity index (χ0v) is 19.3. The van der Waals surface area contributed by atoms with E-state index < -0.39 is 0 Å². The molecule has 0 bridgehead atoms. The van der Waals surface area contributed by atoms with Crippen molar-refractivity contribution in [2.75, 3.05) is 30.6 Å². The minimum Gasteiger partial charge on any atom is -0.493 e. The molecule has 0 saturated carbocycles. The van der Waals surface area contributed by atoms with Crippen LogP contribution in [0.2, 0.25) is 0 Å². The molecule has 0 aromatic heterocycles. The molecule has 3 aromatic rings. The number of rotatable bonds is 8. The second-order valence-corrected chi connectivity index (χ2v) is 8.17. The highest BCUT2D eigenvalue weighted by Gasteiger charge is 2.14. The Labute approximate surface area is 192 Å². The van der Waals surface area contributed by atoms with Gasteiger partial charge in [0, 0.05) is 22.3 Å². The highest BCUT2D eigenvalue weighted by molar-refractivity contribution is 8.00. The predicted molar refractivity (Wildman–Crippen MR) is 129 cm³/mol. The van der Waals surface area contributed by atoms with Gasteiger partial charge in [0.25, 0.3) is 5.91 Å². The average molecular weight is 451 g/mol. The summed E-state index contributed by atoms with van der Waals surface area (Å²) < 4.78 is 10.5. The summed E-state index contributed by atoms with van der Waals surface area (Å²) in [6.07, 6.45) is 0. The van der Waals surface area contributed by atoms with Crippen LogP contribution < -0.4 is 20.1 Å². The van der Waals surface area contributed by atoms with Crippen LogP contribution in [0, 0.1) is 13.8 Å². The first-order valence-corrected chi connectivity index (χ1v) is 11.0. The largest absolute Gasteiger partial charge is 0.493 e. The SMILES string of the molecule is COc1ccc(NC(=O)CSc2ccccc2C(=O)Nc2ccc(C)c(C)c2)cc1OC. The van der Waals surface area contributed by atoms with Crippen molar-refractivity contribution in [1.82, 2.24) is 0 Å². The smallest absolute Gasteiger partial charge is 0.256 e. The van der Waals surface area contributed by atoms with E-state index in [2.05, 4.69) is 10.6 Å². The summed E-state index contributed by atoms with van der Waals surface area (Å²) >= 11 is 1.31. The summed E-state index contributed by atoms with van der Waals surface area (Å²) in [5, 5.41) is 5.78. The molecule has 0 radical (unpaired) electrons. The number of hydrogen-bond acceptors (Lipinski definition) is 5. The van der Waals surface area contributed by atoms with Gasteiger partial charge in [0.15, 0.2) is 11.5 Å². The fourth-order valence-electron chi connectivity index (χ4n) is 3.05. The minimum atomic E-state index is -0.211. The van der Waals surface area contributed by atoms with Gasteiger partial charge in [-0.05, 0) is 61.4 Å². The van der Waals surface area contributed by atoms with Gasteiger partial charge >= 0.3 is 0 Å². The van der Waals surface area contributed by atoms with Crippen molar-refractivity contribution in [2.45, 2.75) is 18.7 Å². The summed E-state index contributed by atoms with van der Waals surface area (Å²) in [6, 6.07) is 18.2. The lowest BCUT2D eigenvalue weighted by Gasteiger charge is -2.12. The van der Waals surface area contributed by atoms with E-state index in [1.54, 1.807) is 38.5 Å². The molecule has 0 spiro atoms. The number of methoxy groups -OCH3 is 2. The lowest BCUT2D eigenvalue weighted by atomic mass is 10.1. The molecular formula is C25H26N2O4S. The number of carbonyl (C=O) groups excluding carboxylic acids is 2. The van der Waals surface area contributed by atoms with Gasteiger partial charge in [-0.15, -0.1) is 11.8 Å². The highest BCUT2D eigenvalue weighted by Crippen LogP contribution is 2.30. The number of aryl methyl sites for hydroxylation is 2. The normalized spacial score (nSPS) is 10.4. The molecule has 32 heavy (non-hydrogen) atoms. The van der Waals surface area contributed by atoms with Crippen LogP contribution in [0.25, 0.3) is 0 Å². The predicted octanol–water partition coefficient (Wildman–Crippen LogP) is 5.30. The van der Waals surface area contributed by atoms with Crippen LogP contribution in [0.4, 0.5) is 11.4 Å². The van der Waals surface area contributed by atoms with Crippen LogP contribution in [-0.2, 0) is 4.79 Å². The molecule has 0 heterocycles. The molecule has 0 unspecified atom stereocenters. The maximum atomic E-state index is 12.8. The van der Waals surface area contributed by atoms with E-state index in [-0.39, 0.29) is 17.6 Å². The molecule has 2 amide bonds. The molecule has 2 N–H and O–H groups in total. The summed E-state index contributed by atoms with van der Waals surface area (Å²) in [5.41, 5.74) is 4.14. The number of thioether (sulfide) groups is 1. The lowest BCUT2D eigenvalue weighted by Crippen LogP contribution is -2.16. The van der Waals surface area contributed by atoms with Gasteiger partial charge in [-0.3, -0.25) is 9.59 Å². The number of amides is 2. The lowest BCUT2D eigenvalue weighted by molar-refractivity contribution is -0.113. The van der Waals surface area contributed by atoms with Gasteiger partial charge in [-0.1, -0.05) is 18.2 Å². The second kappa shape index (κ2) is 10.7. The summed E-state index contributed by atoms with van der Waals surface area (Å²) in [4.78, 5) is 26.1. The quantitative estimate of drug-likeness (QED) is 0.455. The summed E-state index contributed by atoms with van der Waals surface area (Å²) in [5.74, 6) is 0.876. The first kappa shape index (κ1) is 23.2. The number of nitrogens with one attached hydrogen (secondary N) is 2. The Bertz CT molecular complexity index is 1130. The first-order chi connectivity index (χ1) is 15.4. The van der Waals surface area contributed by atoms with Crippen molar-refractivity contribution >= 4 is 35.0 Å². The number of ether oxygens (including phenoxy) is 2. The average Bonchev–Trinajstić information content (AvgIpc) is 2.80. The van der Waals surface area contributed by atoms with Crippen molar-refractivity contribution in [2.24, 2.45) is 0 Å². The number of carbonyl (C=O) groups is 2. The van der Waals surface area contributed by atoms with Crippen LogP contribution >= 0.6 is 11.8 Å². The Balaban J connectivity index is 1.65. The molecule has 0 fully saturated rings. The van der Waals surface area contributed by atoms with E-state index in [9.17, 15) is 9.59 Å². The molecule has 166 valence electrons. The van der Waals surface area contributed by atoms with E-state index in [1.807, 2.05) is 50.2 Å². The molecule has 0 atom stereocenters. The Hall–Kier alpha value is -3.45. The summed E-state index contributed by atoms with van der Waals surface area (Å²) in [7, 11) is 3.10. The maximum absolute atomic E-state index is 12.8. The Kier molecular flexibility index (Phi) is 7.78. The Morgan fingerprint density at radius 2 is 1.50 bits per heavy atom. The molecule has 3 rings (SSSR count). The molecule has 0 aliphatic heterocycles. The molecule has 7 heteroatoms. The number of anilines is 2. The monoisotopic (exact) mass is 450 g/mol. The van der Waals surface area contributed by atoms with Gasteiger partial charge < -0.3 is 20.1 Å². The highest BCUT2D eigenvalue weighted by atomic mass is 32.2. The van der Waals surface area contributed by atoms with Crippen LogP contribution in [0.15, 0.2) is 65.6 Å². The third-order valence-electron chi connectivity index (χ3n) is 4.92. The molecule has 6 nitrogen and oxygen atoms in total. The zero-order chi connectivity index (χ0) is 23.1. The zero-order valence-electron chi connectivity index (χ0n) is 18.5. The number of hydrogen-bond donors (Lipinski definition) is 2. The fraction of sp³-hybridized carbons (Fsp3) is 0.200. The first-order valence-electron chi connectivity index (χ1n) is 10.0. The van der Waals surface area contributed by atoms with Crippen molar-refractivity contribution in [3.63, 3.8) is 0 Å². The van der Waals surface area contributed by atoms with Crippen molar-refractivity contribution in [3.05, 3.63) is 77.4 Å². The van der Waals surface area contributed by atoms with E-state index in [4.69, 9.17) is 9.47 Å². The van der Waals surface area contributed by atoms with Gasteiger partial charge in [0.1, 0.15) is 0 Å². The van der Waals surface area contributed by atoms with Crippen LogP contribution in [-0.4, -0.2) is 31.8 Å².